The molecule has 5 aromatic carbocycles. The number of hydrogen-bond acceptors (Lipinski definition) is 18. The van der Waals surface area contributed by atoms with Crippen LogP contribution in [-0.4, -0.2) is 222 Å². The van der Waals surface area contributed by atoms with E-state index in [1.54, 1.807) is 41.3 Å². The standard InChI is InChI=1S/C82H108ClN9O10S4/c1-58(61-17-19-64(20-18-61)77-59(2)84-57-104-77)85-79(96)73-49-69(93)53-92(73)80(97)78(81(3,4)5)86-76(95)16-12-9-13-34-87-36-38-90(39-37-87)56-82(6)33-31-72(62-21-26-67(83)27-22-62)66(51-82)52-89-40-42-91(43-41-89)68-28-23-63(24-29-68)74(94)55-106(100,101)71-30-25-65(75(50-71)105(7,98)99)48-60(32-35-88-44-46-102-47-45-88)54-103-70-14-10-8-11-15-70/h8,10-11,14-15,17-30,50,57-58,60,69,73,78,93H,9,12-13,16,31-49,51-56H2,1-7H3,(H,85,96)(H,86,95)/t58-,60-,69+,73-,78+,82?/m0/s1. The number of β-amino-alcohol motifs (C(OH)–C–C–N with tert-alkyl or cyclic N) is 1. The molecular formula is C82H108ClN9O10S4. The number of carbonyl (C=O) groups is 4. The van der Waals surface area contributed by atoms with Crippen LogP contribution in [0.1, 0.15) is 131 Å². The molecule has 6 atom stereocenters. The molecule has 4 fully saturated rings. The second kappa shape index (κ2) is 36.4. The number of halogens is 1. The van der Waals surface area contributed by atoms with Crippen molar-refractivity contribution in [3.8, 4) is 10.4 Å². The monoisotopic (exact) mass is 1540 g/mol. The van der Waals surface area contributed by atoms with Gasteiger partial charge < -0.3 is 40.1 Å². The Kier molecular flexibility index (Phi) is 27.7. The molecule has 24 heteroatoms. The van der Waals surface area contributed by atoms with Gasteiger partial charge in [-0.2, -0.15) is 0 Å². The molecule has 11 rings (SSSR count). The first-order valence-electron chi connectivity index (χ1n) is 37.8. The van der Waals surface area contributed by atoms with Crippen LogP contribution in [0.3, 0.4) is 0 Å². The summed E-state index contributed by atoms with van der Waals surface area (Å²) in [5, 5.41) is 17.6. The highest BCUT2D eigenvalue weighted by Gasteiger charge is 2.45. The van der Waals surface area contributed by atoms with Crippen LogP contribution in [0.25, 0.3) is 16.0 Å². The minimum absolute atomic E-state index is 0.0151. The summed E-state index contributed by atoms with van der Waals surface area (Å²) in [6.45, 7) is 26.1. The third-order valence-corrected chi connectivity index (χ3v) is 27.2. The van der Waals surface area contributed by atoms with Gasteiger partial charge in [-0.3, -0.25) is 29.0 Å². The van der Waals surface area contributed by atoms with Crippen molar-refractivity contribution >= 4 is 89.1 Å². The fraction of sp³-hybridized carbons (Fsp3) is 0.524. The molecule has 0 radical (unpaired) electrons. The number of carbonyl (C=O) groups excluding carboxylic acids is 4. The molecule has 19 nitrogen and oxygen atoms in total. The number of rotatable bonds is 31. The number of thiazole rings is 1. The SMILES string of the molecule is Cc1ncsc1-c1ccc([C@H](C)NC(=O)[C@@H]2C[C@@H](O)CN2C(=O)[C@@H](NC(=O)CCCCCN2CCN(CC3(C)CCC(c4ccc(Cl)cc4)=C(CN4CCN(c5ccc(C(=O)CS(=O)(=O)c6ccc(C[C@H](CCN7CCOCC7)CSc7ccccc7)c(S(C)(=O)=O)c6)cc5)CC4)C3)CC2)C(C)(C)C)cc1. The van der Waals surface area contributed by atoms with E-state index in [0.717, 1.165) is 174 Å². The summed E-state index contributed by atoms with van der Waals surface area (Å²) in [5.41, 5.74) is 10.1. The number of aryl methyl sites for hydroxylation is 1. The summed E-state index contributed by atoms with van der Waals surface area (Å²) in [6.07, 6.45) is 7.55. The maximum absolute atomic E-state index is 14.4. The van der Waals surface area contributed by atoms with Gasteiger partial charge in [0.2, 0.25) is 17.7 Å². The number of unbranched alkanes of at least 4 members (excludes halogenated alkanes) is 2. The van der Waals surface area contributed by atoms with Gasteiger partial charge in [0.25, 0.3) is 0 Å². The van der Waals surface area contributed by atoms with Crippen molar-refractivity contribution in [1.82, 2.24) is 40.1 Å². The molecule has 0 spiro atoms. The number of nitrogens with one attached hydrogen (secondary N) is 2. The van der Waals surface area contributed by atoms with Crippen LogP contribution in [0, 0.1) is 23.7 Å². The average molecular weight is 1540 g/mol. The van der Waals surface area contributed by atoms with Crippen LogP contribution in [0.5, 0.6) is 0 Å². The molecule has 5 heterocycles. The molecule has 3 amide bonds. The highest BCUT2D eigenvalue weighted by molar-refractivity contribution is 7.99. The molecule has 0 saturated carbocycles. The Morgan fingerprint density at radius 3 is 2.12 bits per heavy atom. The molecule has 1 unspecified atom stereocenters. The number of piperazine rings is 2. The number of ketones is 1. The average Bonchev–Trinajstić information content (AvgIpc) is 1.58. The second-order valence-corrected chi connectivity index (χ2v) is 37.7. The Morgan fingerprint density at radius 2 is 1.45 bits per heavy atom. The van der Waals surface area contributed by atoms with Crippen molar-refractivity contribution in [2.75, 3.05) is 134 Å². The van der Waals surface area contributed by atoms with E-state index in [-0.39, 0.29) is 69.8 Å². The minimum Gasteiger partial charge on any atom is -0.391 e. The first kappa shape index (κ1) is 80.7. The summed E-state index contributed by atoms with van der Waals surface area (Å²) >= 11 is 9.75. The lowest BCUT2D eigenvalue weighted by Gasteiger charge is -2.44. The van der Waals surface area contributed by atoms with Gasteiger partial charge in [0.15, 0.2) is 25.5 Å². The fourth-order valence-electron chi connectivity index (χ4n) is 15.7. The largest absolute Gasteiger partial charge is 0.391 e. The van der Waals surface area contributed by atoms with E-state index in [0.29, 0.717) is 36.6 Å². The first-order chi connectivity index (χ1) is 50.6. The van der Waals surface area contributed by atoms with Crippen molar-refractivity contribution in [2.45, 2.75) is 145 Å². The third kappa shape index (κ3) is 22.0. The molecule has 1 aromatic heterocycles. The lowest BCUT2D eigenvalue weighted by Crippen LogP contribution is -2.57. The number of nitrogens with zero attached hydrogens (tertiary/aromatic N) is 7. The highest BCUT2D eigenvalue weighted by atomic mass is 35.5. The maximum atomic E-state index is 14.4. The molecule has 4 aliphatic heterocycles. The van der Waals surface area contributed by atoms with E-state index in [9.17, 15) is 41.1 Å². The normalized spacial score (nSPS) is 20.7. The predicted octanol–water partition coefficient (Wildman–Crippen LogP) is 11.8. The second-order valence-electron chi connectivity index (χ2n) is 31.4. The van der Waals surface area contributed by atoms with Crippen LogP contribution in [0.4, 0.5) is 5.69 Å². The number of sulfone groups is 2. The van der Waals surface area contributed by atoms with Crippen LogP contribution in [-0.2, 0) is 45.2 Å². The number of allylic oxidation sites excluding steroid dienone is 1. The lowest BCUT2D eigenvalue weighted by molar-refractivity contribution is -0.144. The summed E-state index contributed by atoms with van der Waals surface area (Å²) in [7, 11) is -8.05. The Balaban J connectivity index is 0.620. The van der Waals surface area contributed by atoms with Gasteiger partial charge in [0.05, 0.1) is 51.2 Å². The topological polar surface area (TPSA) is 222 Å². The van der Waals surface area contributed by atoms with Crippen molar-refractivity contribution in [2.24, 2.45) is 16.7 Å². The number of amides is 3. The Morgan fingerprint density at radius 1 is 0.783 bits per heavy atom. The first-order valence-corrected chi connectivity index (χ1v) is 43.6. The number of morpholine rings is 1. The van der Waals surface area contributed by atoms with E-state index >= 15 is 0 Å². The summed E-state index contributed by atoms with van der Waals surface area (Å²) in [5.74, 6) is -1.38. The van der Waals surface area contributed by atoms with E-state index in [1.807, 2.05) is 107 Å². The minimum atomic E-state index is -4.22. The molecule has 106 heavy (non-hydrogen) atoms. The molecule has 0 bridgehead atoms. The number of aliphatic hydroxyl groups excluding tert-OH is 1. The van der Waals surface area contributed by atoms with E-state index in [1.165, 1.54) is 33.7 Å². The van der Waals surface area contributed by atoms with Gasteiger partial charge in [-0.15, -0.1) is 23.1 Å². The van der Waals surface area contributed by atoms with Crippen LogP contribution in [0.15, 0.2) is 147 Å². The van der Waals surface area contributed by atoms with Crippen LogP contribution in [0.2, 0.25) is 5.02 Å². The lowest BCUT2D eigenvalue weighted by atomic mass is 9.71. The van der Waals surface area contributed by atoms with Crippen molar-refractivity contribution in [3.63, 3.8) is 0 Å². The number of aromatic nitrogens is 1. The van der Waals surface area contributed by atoms with Crippen molar-refractivity contribution in [1.29, 1.82) is 0 Å². The molecule has 572 valence electrons. The van der Waals surface area contributed by atoms with Gasteiger partial charge in [0.1, 0.15) is 17.8 Å². The van der Waals surface area contributed by atoms with Crippen LogP contribution >= 0.6 is 34.7 Å². The van der Waals surface area contributed by atoms with Crippen molar-refractivity contribution < 1.29 is 45.9 Å². The number of benzene rings is 5. The zero-order chi connectivity index (χ0) is 75.3. The van der Waals surface area contributed by atoms with Crippen LogP contribution < -0.4 is 15.5 Å². The zero-order valence-electron chi connectivity index (χ0n) is 62.8. The van der Waals surface area contributed by atoms with Gasteiger partial charge >= 0.3 is 0 Å². The number of likely N-dealkylation sites (tertiary alicyclic amines) is 1. The van der Waals surface area contributed by atoms with E-state index in [4.69, 9.17) is 16.3 Å². The summed E-state index contributed by atoms with van der Waals surface area (Å²) in [4.78, 5) is 75.9. The Labute approximate surface area is 642 Å². The number of thioether (sulfide) groups is 1. The number of hydrogen-bond donors (Lipinski definition) is 3. The third-order valence-electron chi connectivity index (χ3n) is 21.9. The zero-order valence-corrected chi connectivity index (χ0v) is 66.8. The molecule has 4 saturated heterocycles. The molecular weight excluding hydrogens is 1430 g/mol. The number of ether oxygens (including phenoxy) is 1. The molecule has 6 aromatic rings. The van der Waals surface area contributed by atoms with Gasteiger partial charge in [-0.05, 0) is 177 Å². The summed E-state index contributed by atoms with van der Waals surface area (Å²) in [6, 6.07) is 35.8. The predicted molar refractivity (Wildman–Crippen MR) is 425 cm³/mol. The fourth-order valence-corrected chi connectivity index (χ4v) is 20.0. The highest BCUT2D eigenvalue weighted by Crippen LogP contribution is 2.44. The Hall–Kier alpha value is -6.35. The molecule has 1 aliphatic carbocycles. The van der Waals surface area contributed by atoms with Crippen molar-refractivity contribution in [3.05, 3.63) is 165 Å². The smallest absolute Gasteiger partial charge is 0.246 e. The van der Waals surface area contributed by atoms with E-state index in [2.05, 4.69) is 71.3 Å². The van der Waals surface area contributed by atoms with Gasteiger partial charge in [0, 0.05) is 131 Å². The molecule has 3 N–H and O–H groups in total. The maximum Gasteiger partial charge on any atom is 0.246 e. The number of anilines is 1. The van der Waals surface area contributed by atoms with Gasteiger partial charge in [-0.25, -0.2) is 21.8 Å². The number of Topliss-reactive ketones (excluding diaryl/α,β-unsaturated/α-hetero) is 1. The Bertz CT molecular complexity index is 4230. The summed E-state index contributed by atoms with van der Waals surface area (Å²) < 4.78 is 60.4. The number of aliphatic hydroxyl groups is 1. The van der Waals surface area contributed by atoms with Gasteiger partial charge in [-0.1, -0.05) is 112 Å². The quantitative estimate of drug-likeness (QED) is 0.0209. The van der Waals surface area contributed by atoms with E-state index < -0.39 is 54.8 Å². The molecule has 5 aliphatic rings.